The number of nitrogens with one attached hydrogen (secondary N) is 1. The van der Waals surface area contributed by atoms with E-state index in [1.165, 1.54) is 0 Å². The number of hydrogen-bond acceptors (Lipinski definition) is 5. The first-order valence-corrected chi connectivity index (χ1v) is 8.64. The van der Waals surface area contributed by atoms with Crippen LogP contribution in [0.15, 0.2) is 60.7 Å². The van der Waals surface area contributed by atoms with Gasteiger partial charge in [-0.25, -0.2) is 9.97 Å². The maximum atomic E-state index is 12.4. The van der Waals surface area contributed by atoms with Crippen LogP contribution >= 0.6 is 0 Å². The van der Waals surface area contributed by atoms with Crippen molar-refractivity contribution in [3.05, 3.63) is 77.6 Å². The van der Waals surface area contributed by atoms with E-state index in [9.17, 15) is 4.79 Å². The van der Waals surface area contributed by atoms with Gasteiger partial charge in [0.25, 0.3) is 5.91 Å². The monoisotopic (exact) mass is 362 g/mol. The van der Waals surface area contributed by atoms with Crippen LogP contribution in [0.4, 0.5) is 5.95 Å². The summed E-state index contributed by atoms with van der Waals surface area (Å²) in [5, 5.41) is 2.89. The van der Waals surface area contributed by atoms with Gasteiger partial charge in [-0.15, -0.1) is 0 Å². The molecule has 2 aromatic carbocycles. The summed E-state index contributed by atoms with van der Waals surface area (Å²) in [6.45, 7) is 2.25. The average Bonchev–Trinajstić information content (AvgIpc) is 2.67. The molecule has 27 heavy (non-hydrogen) atoms. The first-order valence-electron chi connectivity index (χ1n) is 8.64. The molecule has 6 nitrogen and oxygen atoms in total. The third kappa shape index (κ3) is 5.04. The van der Waals surface area contributed by atoms with Crippen LogP contribution < -0.4 is 15.0 Å². The Morgan fingerprint density at radius 3 is 2.33 bits per heavy atom. The smallest absolute Gasteiger partial charge is 0.251 e. The van der Waals surface area contributed by atoms with Crippen LogP contribution in [0, 0.1) is 6.92 Å². The molecule has 0 spiro atoms. The van der Waals surface area contributed by atoms with E-state index in [1.807, 2.05) is 62.3 Å². The highest BCUT2D eigenvalue weighted by Gasteiger charge is 2.08. The molecule has 0 saturated carbocycles. The van der Waals surface area contributed by atoms with E-state index in [0.717, 1.165) is 17.1 Å². The minimum absolute atomic E-state index is 0.163. The molecule has 0 aliphatic carbocycles. The Hall–Kier alpha value is -3.41. The average molecular weight is 362 g/mol. The second kappa shape index (κ2) is 8.31. The van der Waals surface area contributed by atoms with Crippen molar-refractivity contribution in [2.75, 3.05) is 19.0 Å². The maximum Gasteiger partial charge on any atom is 0.251 e. The first-order chi connectivity index (χ1) is 13.0. The zero-order valence-electron chi connectivity index (χ0n) is 15.6. The van der Waals surface area contributed by atoms with Crippen molar-refractivity contribution in [3.63, 3.8) is 0 Å². The van der Waals surface area contributed by atoms with Gasteiger partial charge in [0.1, 0.15) is 11.5 Å². The van der Waals surface area contributed by atoms with Crippen molar-refractivity contribution < 1.29 is 9.53 Å². The lowest BCUT2D eigenvalue weighted by Crippen LogP contribution is -2.24. The molecule has 1 heterocycles. The van der Waals surface area contributed by atoms with Gasteiger partial charge < -0.3 is 15.0 Å². The Bertz CT molecular complexity index is 909. The van der Waals surface area contributed by atoms with Crippen molar-refractivity contribution >= 4 is 11.9 Å². The van der Waals surface area contributed by atoms with Gasteiger partial charge in [-0.2, -0.15) is 0 Å². The molecule has 3 rings (SSSR count). The Labute approximate surface area is 158 Å². The van der Waals surface area contributed by atoms with Crippen molar-refractivity contribution in [1.29, 1.82) is 0 Å². The van der Waals surface area contributed by atoms with Gasteiger partial charge >= 0.3 is 0 Å². The third-order valence-corrected chi connectivity index (χ3v) is 3.82. The number of hydrogen-bond donors (Lipinski definition) is 1. The number of carbonyl (C=O) groups excluding carboxylic acids is 1. The van der Waals surface area contributed by atoms with Crippen LogP contribution in [-0.2, 0) is 6.54 Å². The molecule has 0 fully saturated rings. The van der Waals surface area contributed by atoms with Gasteiger partial charge in [-0.1, -0.05) is 18.2 Å². The second-order valence-electron chi connectivity index (χ2n) is 6.32. The maximum absolute atomic E-state index is 12.4. The third-order valence-electron chi connectivity index (χ3n) is 3.82. The highest BCUT2D eigenvalue weighted by atomic mass is 16.5. The summed E-state index contributed by atoms with van der Waals surface area (Å²) in [6, 6.07) is 18.4. The van der Waals surface area contributed by atoms with Crippen LogP contribution in [-0.4, -0.2) is 30.0 Å². The predicted molar refractivity (Wildman–Crippen MR) is 105 cm³/mol. The van der Waals surface area contributed by atoms with Crippen LogP contribution in [0.5, 0.6) is 11.5 Å². The SMILES string of the molecule is Cc1cc(CNC(=O)c2ccc(Oc3ccccc3)cc2)nc(N(C)C)n1. The van der Waals surface area contributed by atoms with Gasteiger partial charge in [0, 0.05) is 25.4 Å². The number of amides is 1. The van der Waals surface area contributed by atoms with Crippen LogP contribution in [0.1, 0.15) is 21.7 Å². The van der Waals surface area contributed by atoms with E-state index in [0.29, 0.717) is 23.8 Å². The van der Waals surface area contributed by atoms with E-state index in [1.54, 1.807) is 24.3 Å². The van der Waals surface area contributed by atoms with Gasteiger partial charge in [0.15, 0.2) is 0 Å². The van der Waals surface area contributed by atoms with E-state index >= 15 is 0 Å². The molecule has 0 aliphatic rings. The molecule has 1 N–H and O–H groups in total. The van der Waals surface area contributed by atoms with Gasteiger partial charge in [-0.3, -0.25) is 4.79 Å². The lowest BCUT2D eigenvalue weighted by molar-refractivity contribution is 0.0950. The minimum Gasteiger partial charge on any atom is -0.457 e. The summed E-state index contributed by atoms with van der Waals surface area (Å²) in [4.78, 5) is 23.0. The fraction of sp³-hybridized carbons (Fsp3) is 0.190. The molecule has 1 aromatic heterocycles. The lowest BCUT2D eigenvalue weighted by Gasteiger charge is -2.13. The van der Waals surface area contributed by atoms with Crippen LogP contribution in [0.2, 0.25) is 0 Å². The number of anilines is 1. The number of aromatic nitrogens is 2. The van der Waals surface area contributed by atoms with Crippen LogP contribution in [0.25, 0.3) is 0 Å². The largest absolute Gasteiger partial charge is 0.457 e. The molecule has 0 radical (unpaired) electrons. The Morgan fingerprint density at radius 1 is 1.00 bits per heavy atom. The molecule has 1 amide bonds. The molecular weight excluding hydrogens is 340 g/mol. The highest BCUT2D eigenvalue weighted by molar-refractivity contribution is 5.94. The molecule has 0 saturated heterocycles. The highest BCUT2D eigenvalue weighted by Crippen LogP contribution is 2.21. The van der Waals surface area contributed by atoms with Gasteiger partial charge in [-0.05, 0) is 49.4 Å². The molecule has 3 aromatic rings. The summed E-state index contributed by atoms with van der Waals surface area (Å²) in [6.07, 6.45) is 0. The zero-order chi connectivity index (χ0) is 19.2. The standard InChI is InChI=1S/C21H22N4O2/c1-15-13-17(24-21(23-15)25(2)3)14-22-20(26)16-9-11-19(12-10-16)27-18-7-5-4-6-8-18/h4-13H,14H2,1-3H3,(H,22,26). The number of carbonyl (C=O) groups is 1. The number of rotatable bonds is 6. The molecule has 0 aliphatic heterocycles. The molecule has 0 bridgehead atoms. The van der Waals surface area contributed by atoms with Crippen LogP contribution in [0.3, 0.4) is 0 Å². The summed E-state index contributed by atoms with van der Waals surface area (Å²) in [5.41, 5.74) is 2.19. The normalized spacial score (nSPS) is 10.3. The van der Waals surface area contributed by atoms with Crippen molar-refractivity contribution in [2.24, 2.45) is 0 Å². The Kier molecular flexibility index (Phi) is 5.66. The van der Waals surface area contributed by atoms with E-state index in [2.05, 4.69) is 15.3 Å². The molecule has 0 atom stereocenters. The predicted octanol–water partition coefficient (Wildman–Crippen LogP) is 3.57. The number of aryl methyl sites for hydroxylation is 1. The zero-order valence-corrected chi connectivity index (χ0v) is 15.6. The fourth-order valence-electron chi connectivity index (χ4n) is 2.48. The molecular formula is C21H22N4O2. The number of ether oxygens (including phenoxy) is 1. The Morgan fingerprint density at radius 2 is 1.67 bits per heavy atom. The summed E-state index contributed by atoms with van der Waals surface area (Å²) < 4.78 is 5.74. The molecule has 6 heteroatoms. The quantitative estimate of drug-likeness (QED) is 0.726. The summed E-state index contributed by atoms with van der Waals surface area (Å²) in [5.74, 6) is 1.90. The first kappa shape index (κ1) is 18.4. The summed E-state index contributed by atoms with van der Waals surface area (Å²) in [7, 11) is 3.77. The van der Waals surface area contributed by atoms with E-state index in [4.69, 9.17) is 4.74 Å². The molecule has 0 unspecified atom stereocenters. The lowest BCUT2D eigenvalue weighted by atomic mass is 10.2. The topological polar surface area (TPSA) is 67.3 Å². The molecule has 138 valence electrons. The second-order valence-corrected chi connectivity index (χ2v) is 6.32. The minimum atomic E-state index is -0.163. The van der Waals surface area contributed by atoms with Crippen molar-refractivity contribution in [3.8, 4) is 11.5 Å². The van der Waals surface area contributed by atoms with Crippen molar-refractivity contribution in [1.82, 2.24) is 15.3 Å². The Balaban J connectivity index is 1.61. The number of nitrogens with zero attached hydrogens (tertiary/aromatic N) is 3. The number of para-hydroxylation sites is 1. The van der Waals surface area contributed by atoms with Gasteiger partial charge in [0.05, 0.1) is 12.2 Å². The van der Waals surface area contributed by atoms with E-state index in [-0.39, 0.29) is 5.91 Å². The van der Waals surface area contributed by atoms with E-state index < -0.39 is 0 Å². The number of benzene rings is 2. The summed E-state index contributed by atoms with van der Waals surface area (Å²) >= 11 is 0. The van der Waals surface area contributed by atoms with Crippen molar-refractivity contribution in [2.45, 2.75) is 13.5 Å². The van der Waals surface area contributed by atoms with Gasteiger partial charge in [0.2, 0.25) is 5.95 Å². The fourth-order valence-corrected chi connectivity index (χ4v) is 2.48.